The Labute approximate surface area is 139 Å². The summed E-state index contributed by atoms with van der Waals surface area (Å²) in [5.41, 5.74) is 2.28. The van der Waals surface area contributed by atoms with Crippen LogP contribution in [0.5, 0.6) is 0 Å². The Balaban J connectivity index is 1.75. The van der Waals surface area contributed by atoms with Crippen LogP contribution in [-0.4, -0.2) is 16.8 Å². The highest BCUT2D eigenvalue weighted by Gasteiger charge is 2.08. The summed E-state index contributed by atoms with van der Waals surface area (Å²) in [6.45, 7) is 1.45. The zero-order valence-electron chi connectivity index (χ0n) is 13.2. The zero-order valence-corrected chi connectivity index (χ0v) is 13.2. The number of carbonyl (C=O) groups excluding carboxylic acids is 2. The molecule has 0 aliphatic carbocycles. The summed E-state index contributed by atoms with van der Waals surface area (Å²) in [5, 5.41) is 7.58. The van der Waals surface area contributed by atoms with Crippen molar-refractivity contribution in [2.45, 2.75) is 13.3 Å². The molecule has 24 heavy (non-hydrogen) atoms. The molecule has 5 nitrogen and oxygen atoms in total. The summed E-state index contributed by atoms with van der Waals surface area (Å²) in [7, 11) is 0. The van der Waals surface area contributed by atoms with Crippen LogP contribution < -0.4 is 10.6 Å². The van der Waals surface area contributed by atoms with Crippen LogP contribution in [0.25, 0.3) is 10.8 Å². The van der Waals surface area contributed by atoms with Gasteiger partial charge in [0.1, 0.15) is 0 Å². The van der Waals surface area contributed by atoms with Crippen molar-refractivity contribution in [1.29, 1.82) is 0 Å². The molecule has 0 fully saturated rings. The molecule has 0 saturated carbocycles. The summed E-state index contributed by atoms with van der Waals surface area (Å²) in [5.74, 6) is -0.250. The first-order chi connectivity index (χ1) is 11.6. The Kier molecular flexibility index (Phi) is 4.52. The van der Waals surface area contributed by atoms with Gasteiger partial charge in [0.15, 0.2) is 0 Å². The van der Waals surface area contributed by atoms with Gasteiger partial charge in [0.25, 0.3) is 0 Å². The molecular weight excluding hydrogens is 302 g/mol. The quantitative estimate of drug-likeness (QED) is 0.774. The lowest BCUT2D eigenvalue weighted by atomic mass is 10.1. The van der Waals surface area contributed by atoms with Crippen LogP contribution in [0, 0.1) is 0 Å². The summed E-state index contributed by atoms with van der Waals surface area (Å²) >= 11 is 0. The van der Waals surface area contributed by atoms with Gasteiger partial charge in [-0.3, -0.25) is 14.6 Å². The number of amides is 2. The molecule has 0 bridgehead atoms. The van der Waals surface area contributed by atoms with Crippen LogP contribution >= 0.6 is 0 Å². The number of anilines is 2. The molecule has 1 aromatic heterocycles. The van der Waals surface area contributed by atoms with Crippen molar-refractivity contribution in [1.82, 2.24) is 4.98 Å². The van der Waals surface area contributed by atoms with E-state index in [9.17, 15) is 9.59 Å². The maximum atomic E-state index is 12.3. The van der Waals surface area contributed by atoms with Crippen LogP contribution in [0.4, 0.5) is 11.4 Å². The lowest BCUT2D eigenvalue weighted by molar-refractivity contribution is -0.115. The van der Waals surface area contributed by atoms with E-state index in [2.05, 4.69) is 15.6 Å². The summed E-state index contributed by atoms with van der Waals surface area (Å²) < 4.78 is 0. The van der Waals surface area contributed by atoms with Crippen LogP contribution in [0.3, 0.4) is 0 Å². The number of rotatable bonds is 4. The Bertz CT molecular complexity index is 901. The SMILES string of the molecule is CC(=O)Nc1cccc(CC(=O)Nc2cccc3cnccc23)c1. The monoisotopic (exact) mass is 319 g/mol. The number of hydrogen-bond acceptors (Lipinski definition) is 3. The fourth-order valence-electron chi connectivity index (χ4n) is 2.57. The largest absolute Gasteiger partial charge is 0.326 e. The molecule has 1 heterocycles. The topological polar surface area (TPSA) is 71.1 Å². The van der Waals surface area contributed by atoms with Crippen LogP contribution in [0.15, 0.2) is 60.9 Å². The Morgan fingerprint density at radius 1 is 1.04 bits per heavy atom. The van der Waals surface area contributed by atoms with E-state index in [0.717, 1.165) is 22.0 Å². The third-order valence-electron chi connectivity index (χ3n) is 3.57. The van der Waals surface area contributed by atoms with Gasteiger partial charge in [0.2, 0.25) is 11.8 Å². The van der Waals surface area contributed by atoms with E-state index in [-0.39, 0.29) is 18.2 Å². The predicted molar refractivity (Wildman–Crippen MR) is 94.8 cm³/mol. The van der Waals surface area contributed by atoms with E-state index in [4.69, 9.17) is 0 Å². The molecule has 3 rings (SSSR count). The van der Waals surface area contributed by atoms with E-state index >= 15 is 0 Å². The maximum Gasteiger partial charge on any atom is 0.228 e. The number of nitrogens with zero attached hydrogens (tertiary/aromatic N) is 1. The molecule has 2 N–H and O–H groups in total. The highest BCUT2D eigenvalue weighted by atomic mass is 16.2. The number of hydrogen-bond donors (Lipinski definition) is 2. The Morgan fingerprint density at radius 3 is 2.71 bits per heavy atom. The molecule has 5 heteroatoms. The first kappa shape index (κ1) is 15.7. The predicted octanol–water partition coefficient (Wildman–Crippen LogP) is 3.37. The first-order valence-electron chi connectivity index (χ1n) is 7.61. The summed E-state index contributed by atoms with van der Waals surface area (Å²) in [6.07, 6.45) is 3.70. The lowest BCUT2D eigenvalue weighted by Gasteiger charge is -2.09. The van der Waals surface area contributed by atoms with Gasteiger partial charge in [-0.15, -0.1) is 0 Å². The van der Waals surface area contributed by atoms with Gasteiger partial charge in [-0.2, -0.15) is 0 Å². The number of fused-ring (bicyclic) bond motifs is 1. The van der Waals surface area contributed by atoms with Crippen molar-refractivity contribution in [3.63, 3.8) is 0 Å². The number of nitrogens with one attached hydrogen (secondary N) is 2. The van der Waals surface area contributed by atoms with Crippen molar-refractivity contribution in [3.05, 3.63) is 66.5 Å². The van der Waals surface area contributed by atoms with E-state index in [1.54, 1.807) is 24.5 Å². The van der Waals surface area contributed by atoms with Crippen molar-refractivity contribution in [2.24, 2.45) is 0 Å². The molecule has 0 unspecified atom stereocenters. The van der Waals surface area contributed by atoms with Crippen molar-refractivity contribution >= 4 is 34.0 Å². The molecule has 2 aromatic carbocycles. The Hall–Kier alpha value is -3.21. The zero-order chi connectivity index (χ0) is 16.9. The second-order valence-corrected chi connectivity index (χ2v) is 5.51. The average Bonchev–Trinajstić information content (AvgIpc) is 2.55. The molecule has 0 radical (unpaired) electrons. The smallest absolute Gasteiger partial charge is 0.228 e. The number of pyridine rings is 1. The molecule has 0 aliphatic rings. The van der Waals surface area contributed by atoms with Gasteiger partial charge < -0.3 is 10.6 Å². The van der Waals surface area contributed by atoms with Gasteiger partial charge in [-0.25, -0.2) is 0 Å². The molecule has 0 aliphatic heterocycles. The summed E-state index contributed by atoms with van der Waals surface area (Å²) in [4.78, 5) is 27.5. The molecule has 0 spiro atoms. The van der Waals surface area contributed by atoms with Crippen LogP contribution in [0.1, 0.15) is 12.5 Å². The summed E-state index contributed by atoms with van der Waals surface area (Å²) in [6, 6.07) is 14.9. The first-order valence-corrected chi connectivity index (χ1v) is 7.61. The van der Waals surface area contributed by atoms with Crippen LogP contribution in [-0.2, 0) is 16.0 Å². The minimum Gasteiger partial charge on any atom is -0.326 e. The van der Waals surface area contributed by atoms with Gasteiger partial charge in [-0.1, -0.05) is 24.3 Å². The minimum atomic E-state index is -0.138. The highest BCUT2D eigenvalue weighted by Crippen LogP contribution is 2.22. The van der Waals surface area contributed by atoms with E-state index in [1.807, 2.05) is 36.4 Å². The van der Waals surface area contributed by atoms with E-state index < -0.39 is 0 Å². The average molecular weight is 319 g/mol. The fourth-order valence-corrected chi connectivity index (χ4v) is 2.57. The number of benzene rings is 2. The van der Waals surface area contributed by atoms with Gasteiger partial charge in [0.05, 0.1) is 6.42 Å². The second-order valence-electron chi connectivity index (χ2n) is 5.51. The van der Waals surface area contributed by atoms with Gasteiger partial charge >= 0.3 is 0 Å². The number of carbonyl (C=O) groups is 2. The lowest BCUT2D eigenvalue weighted by Crippen LogP contribution is -2.15. The second kappa shape index (κ2) is 6.91. The standard InChI is InChI=1S/C19H17N3O2/c1-13(23)21-16-6-2-4-14(10-16)11-19(24)22-18-7-3-5-15-12-20-9-8-17(15)18/h2-10,12H,11H2,1H3,(H,21,23)(H,22,24). The third kappa shape index (κ3) is 3.76. The molecule has 0 atom stereocenters. The Morgan fingerprint density at radius 2 is 1.88 bits per heavy atom. The van der Waals surface area contributed by atoms with Crippen molar-refractivity contribution in [2.75, 3.05) is 10.6 Å². The third-order valence-corrected chi connectivity index (χ3v) is 3.57. The highest BCUT2D eigenvalue weighted by molar-refractivity contribution is 6.02. The van der Waals surface area contributed by atoms with E-state index in [0.29, 0.717) is 5.69 Å². The normalized spacial score (nSPS) is 10.4. The van der Waals surface area contributed by atoms with Gasteiger partial charge in [-0.05, 0) is 29.8 Å². The van der Waals surface area contributed by atoms with Crippen LogP contribution in [0.2, 0.25) is 0 Å². The van der Waals surface area contributed by atoms with Crippen molar-refractivity contribution in [3.8, 4) is 0 Å². The van der Waals surface area contributed by atoms with Gasteiger partial charge in [0, 0.05) is 41.5 Å². The van der Waals surface area contributed by atoms with Crippen molar-refractivity contribution < 1.29 is 9.59 Å². The molecular formula is C19H17N3O2. The molecule has 120 valence electrons. The molecule has 3 aromatic rings. The maximum absolute atomic E-state index is 12.3. The number of aromatic nitrogens is 1. The molecule has 0 saturated heterocycles. The fraction of sp³-hybridized carbons (Fsp3) is 0.105. The molecule has 2 amide bonds. The minimum absolute atomic E-state index is 0.112. The van der Waals surface area contributed by atoms with E-state index in [1.165, 1.54) is 6.92 Å².